The van der Waals surface area contributed by atoms with Gasteiger partial charge >= 0.3 is 0 Å². The van der Waals surface area contributed by atoms with E-state index in [1.807, 2.05) is 43.6 Å². The molecule has 0 spiro atoms. The van der Waals surface area contributed by atoms with Crippen LogP contribution in [0.2, 0.25) is 0 Å². The van der Waals surface area contributed by atoms with E-state index in [-0.39, 0.29) is 0 Å². The van der Waals surface area contributed by atoms with E-state index in [0.29, 0.717) is 5.69 Å². The fourth-order valence-corrected chi connectivity index (χ4v) is 1.93. The molecule has 1 aromatic carbocycles. The van der Waals surface area contributed by atoms with Crippen molar-refractivity contribution in [2.45, 2.75) is 6.92 Å². The van der Waals surface area contributed by atoms with Gasteiger partial charge in [0.25, 0.3) is 0 Å². The molecule has 0 atom stereocenters. The first-order chi connectivity index (χ1) is 8.25. The third-order valence-corrected chi connectivity index (χ3v) is 2.72. The van der Waals surface area contributed by atoms with Crippen LogP contribution in [0.3, 0.4) is 0 Å². The van der Waals surface area contributed by atoms with E-state index >= 15 is 0 Å². The lowest BCUT2D eigenvalue weighted by atomic mass is 10.1. The number of aromatic nitrogens is 3. The van der Waals surface area contributed by atoms with Crippen LogP contribution >= 0.6 is 0 Å². The van der Waals surface area contributed by atoms with E-state index in [9.17, 15) is 0 Å². The Balaban J connectivity index is 2.38. The molecule has 0 saturated heterocycles. The van der Waals surface area contributed by atoms with Gasteiger partial charge in [0, 0.05) is 11.6 Å². The Morgan fingerprint density at radius 1 is 1.18 bits per heavy atom. The van der Waals surface area contributed by atoms with Gasteiger partial charge in [-0.1, -0.05) is 18.2 Å². The summed E-state index contributed by atoms with van der Waals surface area (Å²) < 4.78 is 1.80. The maximum Gasteiger partial charge on any atom is 0.0984 e. The fraction of sp³-hybridized carbons (Fsp3) is 0.0769. The molecule has 3 rings (SSSR count). The molecular weight excluding hydrogens is 212 g/mol. The highest BCUT2D eigenvalue weighted by Gasteiger charge is 2.08. The molecule has 0 amide bonds. The molecule has 0 radical (unpaired) electrons. The standard InChI is InChI=1S/C13H12N4/c1-9-6-16-17(8-9)13-10-4-2-3-5-12(10)15-7-11(13)14/h2-8H,14H2,1H3. The van der Waals surface area contributed by atoms with Crippen molar-refractivity contribution in [1.82, 2.24) is 14.8 Å². The second-order valence-corrected chi connectivity index (χ2v) is 4.04. The summed E-state index contributed by atoms with van der Waals surface area (Å²) in [7, 11) is 0. The van der Waals surface area contributed by atoms with Crippen LogP contribution in [0.15, 0.2) is 42.9 Å². The molecule has 0 aliphatic rings. The molecule has 2 heterocycles. The zero-order chi connectivity index (χ0) is 11.8. The highest BCUT2D eigenvalue weighted by atomic mass is 15.3. The number of nitrogens with zero attached hydrogens (tertiary/aromatic N) is 3. The molecule has 2 aromatic heterocycles. The number of pyridine rings is 1. The highest BCUT2D eigenvalue weighted by Crippen LogP contribution is 2.25. The number of aryl methyl sites for hydroxylation is 1. The number of fused-ring (bicyclic) bond motifs is 1. The molecule has 3 aromatic rings. The van der Waals surface area contributed by atoms with E-state index in [0.717, 1.165) is 22.2 Å². The molecule has 4 heteroatoms. The number of hydrogen-bond acceptors (Lipinski definition) is 3. The summed E-state index contributed by atoms with van der Waals surface area (Å²) in [5.41, 5.74) is 9.55. The number of nitrogen functional groups attached to an aromatic ring is 1. The Morgan fingerprint density at radius 3 is 2.76 bits per heavy atom. The first-order valence-corrected chi connectivity index (χ1v) is 5.40. The van der Waals surface area contributed by atoms with E-state index < -0.39 is 0 Å². The molecule has 0 unspecified atom stereocenters. The van der Waals surface area contributed by atoms with Crippen LogP contribution in [0.5, 0.6) is 0 Å². The lowest BCUT2D eigenvalue weighted by molar-refractivity contribution is 0.888. The lowest BCUT2D eigenvalue weighted by Crippen LogP contribution is -2.02. The molecule has 0 fully saturated rings. The molecule has 17 heavy (non-hydrogen) atoms. The third-order valence-electron chi connectivity index (χ3n) is 2.72. The average molecular weight is 224 g/mol. The summed E-state index contributed by atoms with van der Waals surface area (Å²) in [5.74, 6) is 0. The average Bonchev–Trinajstić information content (AvgIpc) is 2.75. The minimum Gasteiger partial charge on any atom is -0.396 e. The van der Waals surface area contributed by atoms with Crippen LogP contribution in [0, 0.1) is 6.92 Å². The summed E-state index contributed by atoms with van der Waals surface area (Å²) in [4.78, 5) is 4.31. The molecule has 0 saturated carbocycles. The van der Waals surface area contributed by atoms with Gasteiger partial charge in [0.1, 0.15) is 0 Å². The number of para-hydroxylation sites is 1. The van der Waals surface area contributed by atoms with Crippen molar-refractivity contribution in [3.63, 3.8) is 0 Å². The Bertz CT molecular complexity index is 685. The third kappa shape index (κ3) is 1.54. The normalized spacial score (nSPS) is 10.9. The number of nitrogens with two attached hydrogens (primary N) is 1. The van der Waals surface area contributed by atoms with Gasteiger partial charge in [-0.15, -0.1) is 0 Å². The topological polar surface area (TPSA) is 56.7 Å². The fourth-order valence-electron chi connectivity index (χ4n) is 1.93. The summed E-state index contributed by atoms with van der Waals surface area (Å²) in [6.45, 7) is 2.00. The van der Waals surface area contributed by atoms with Crippen molar-refractivity contribution in [3.8, 4) is 5.69 Å². The molecule has 4 nitrogen and oxygen atoms in total. The van der Waals surface area contributed by atoms with Gasteiger partial charge in [-0.25, -0.2) is 4.68 Å². The van der Waals surface area contributed by atoms with Crippen molar-refractivity contribution in [2.24, 2.45) is 0 Å². The Morgan fingerprint density at radius 2 is 2.00 bits per heavy atom. The van der Waals surface area contributed by atoms with Crippen LogP contribution in [-0.2, 0) is 0 Å². The van der Waals surface area contributed by atoms with Crippen molar-refractivity contribution in [1.29, 1.82) is 0 Å². The number of rotatable bonds is 1. The van der Waals surface area contributed by atoms with Crippen molar-refractivity contribution >= 4 is 16.6 Å². The van der Waals surface area contributed by atoms with Gasteiger partial charge in [-0.05, 0) is 18.6 Å². The zero-order valence-corrected chi connectivity index (χ0v) is 9.46. The van der Waals surface area contributed by atoms with E-state index in [4.69, 9.17) is 5.73 Å². The smallest absolute Gasteiger partial charge is 0.0984 e. The number of anilines is 1. The number of benzene rings is 1. The van der Waals surface area contributed by atoms with Gasteiger partial charge in [0.05, 0.1) is 29.3 Å². The van der Waals surface area contributed by atoms with Gasteiger partial charge < -0.3 is 5.73 Å². The molecule has 0 bridgehead atoms. The first kappa shape index (κ1) is 9.84. The summed E-state index contributed by atoms with van der Waals surface area (Å²) in [5, 5.41) is 5.32. The molecular formula is C13H12N4. The summed E-state index contributed by atoms with van der Waals surface area (Å²) >= 11 is 0. The minimum atomic E-state index is 0.631. The van der Waals surface area contributed by atoms with Gasteiger partial charge in [0.15, 0.2) is 0 Å². The van der Waals surface area contributed by atoms with Gasteiger partial charge in [-0.3, -0.25) is 4.98 Å². The summed E-state index contributed by atoms with van der Waals surface area (Å²) in [6.07, 6.45) is 5.45. The molecule has 0 aliphatic carbocycles. The van der Waals surface area contributed by atoms with Crippen molar-refractivity contribution < 1.29 is 0 Å². The highest BCUT2D eigenvalue weighted by molar-refractivity contribution is 5.91. The summed E-state index contributed by atoms with van der Waals surface area (Å²) in [6, 6.07) is 7.91. The Kier molecular flexibility index (Phi) is 2.08. The predicted molar refractivity (Wildman–Crippen MR) is 68.0 cm³/mol. The molecule has 2 N–H and O–H groups in total. The van der Waals surface area contributed by atoms with Crippen LogP contribution in [0.4, 0.5) is 5.69 Å². The van der Waals surface area contributed by atoms with Crippen molar-refractivity contribution in [3.05, 3.63) is 48.4 Å². The second kappa shape index (κ2) is 3.59. The van der Waals surface area contributed by atoms with Crippen LogP contribution < -0.4 is 5.73 Å². The van der Waals surface area contributed by atoms with Gasteiger partial charge in [-0.2, -0.15) is 5.10 Å². The SMILES string of the molecule is Cc1cnn(-c2c(N)cnc3ccccc23)c1. The number of hydrogen-bond donors (Lipinski definition) is 1. The lowest BCUT2D eigenvalue weighted by Gasteiger charge is -2.08. The Labute approximate surface area is 98.7 Å². The van der Waals surface area contributed by atoms with Crippen LogP contribution in [0.25, 0.3) is 16.6 Å². The van der Waals surface area contributed by atoms with E-state index in [1.165, 1.54) is 0 Å². The molecule has 0 aliphatic heterocycles. The quantitative estimate of drug-likeness (QED) is 0.690. The predicted octanol–water partition coefficient (Wildman–Crippen LogP) is 2.31. The largest absolute Gasteiger partial charge is 0.396 e. The molecule has 84 valence electrons. The maximum absolute atomic E-state index is 6.00. The van der Waals surface area contributed by atoms with Gasteiger partial charge in [0.2, 0.25) is 0 Å². The maximum atomic E-state index is 6.00. The van der Waals surface area contributed by atoms with E-state index in [1.54, 1.807) is 10.9 Å². The first-order valence-electron chi connectivity index (χ1n) is 5.40. The monoisotopic (exact) mass is 224 g/mol. The van der Waals surface area contributed by atoms with E-state index in [2.05, 4.69) is 10.1 Å². The van der Waals surface area contributed by atoms with Crippen LogP contribution in [-0.4, -0.2) is 14.8 Å². The second-order valence-electron chi connectivity index (χ2n) is 4.04. The van der Waals surface area contributed by atoms with Crippen LogP contribution in [0.1, 0.15) is 5.56 Å². The minimum absolute atomic E-state index is 0.631. The zero-order valence-electron chi connectivity index (χ0n) is 9.46. The van der Waals surface area contributed by atoms with Crippen molar-refractivity contribution in [2.75, 3.05) is 5.73 Å². The Hall–Kier alpha value is -2.36.